The Labute approximate surface area is 195 Å². The van der Waals surface area contributed by atoms with E-state index in [0.29, 0.717) is 5.56 Å². The second-order valence-corrected chi connectivity index (χ2v) is 10.4. The number of nitrogens with zero attached hydrogens (tertiary/aromatic N) is 2. The maximum absolute atomic E-state index is 13.1. The lowest BCUT2D eigenvalue weighted by Crippen LogP contribution is -2.38. The lowest BCUT2D eigenvalue weighted by molar-refractivity contribution is 0.0942. The van der Waals surface area contributed by atoms with Gasteiger partial charge in [-0.2, -0.15) is 4.31 Å². The summed E-state index contributed by atoms with van der Waals surface area (Å²) in [7, 11) is -1.94. The van der Waals surface area contributed by atoms with Crippen molar-refractivity contribution in [2.45, 2.75) is 49.1 Å². The molecule has 7 heteroatoms. The highest BCUT2D eigenvalue weighted by Gasteiger charge is 2.29. The van der Waals surface area contributed by atoms with Gasteiger partial charge in [0.15, 0.2) is 0 Å². The van der Waals surface area contributed by atoms with Crippen molar-refractivity contribution in [3.8, 4) is 0 Å². The van der Waals surface area contributed by atoms with Crippen molar-refractivity contribution in [3.63, 3.8) is 0 Å². The molecule has 1 amide bonds. The van der Waals surface area contributed by atoms with Gasteiger partial charge >= 0.3 is 0 Å². The third-order valence-electron chi connectivity index (χ3n) is 6.27. The average molecular weight is 464 g/mol. The Morgan fingerprint density at radius 1 is 0.939 bits per heavy atom. The minimum Gasteiger partial charge on any atom is -0.340 e. The van der Waals surface area contributed by atoms with Gasteiger partial charge in [0.05, 0.1) is 16.6 Å². The van der Waals surface area contributed by atoms with Crippen molar-refractivity contribution >= 4 is 15.9 Å². The molecule has 2 aromatic carbocycles. The molecule has 4 rings (SSSR count). The molecule has 0 radical (unpaired) electrons. The molecule has 6 nitrogen and oxygen atoms in total. The van der Waals surface area contributed by atoms with Crippen LogP contribution in [0.2, 0.25) is 0 Å². The van der Waals surface area contributed by atoms with Gasteiger partial charge < -0.3 is 5.32 Å². The van der Waals surface area contributed by atoms with Crippen LogP contribution in [-0.2, 0) is 10.0 Å². The van der Waals surface area contributed by atoms with E-state index in [2.05, 4.69) is 10.3 Å². The second kappa shape index (κ2) is 10.3. The molecule has 1 N–H and O–H groups in total. The number of amides is 1. The fourth-order valence-electron chi connectivity index (χ4n) is 4.32. The third-order valence-corrected chi connectivity index (χ3v) is 8.20. The molecule has 1 aliphatic carbocycles. The molecule has 0 spiro atoms. The van der Waals surface area contributed by atoms with Gasteiger partial charge in [-0.3, -0.25) is 9.78 Å². The van der Waals surface area contributed by atoms with Crippen LogP contribution in [0.3, 0.4) is 0 Å². The van der Waals surface area contributed by atoms with Gasteiger partial charge in [-0.25, -0.2) is 8.42 Å². The SMILES string of the molecule is CN(C1CCCCC1)S(=O)(=O)c1ccc(C(=O)NC(c2ccccc2)c2ccccn2)cc1. The normalized spacial score (nSPS) is 15.8. The van der Waals surface area contributed by atoms with E-state index in [1.807, 2.05) is 48.5 Å². The topological polar surface area (TPSA) is 79.4 Å². The Morgan fingerprint density at radius 3 is 2.24 bits per heavy atom. The Morgan fingerprint density at radius 2 is 1.61 bits per heavy atom. The van der Waals surface area contributed by atoms with Crippen molar-refractivity contribution in [1.82, 2.24) is 14.6 Å². The maximum atomic E-state index is 13.1. The standard InChI is InChI=1S/C26H29N3O3S/c1-29(22-12-6-3-7-13-22)33(31,32)23-17-15-21(16-18-23)26(30)28-25(20-10-4-2-5-11-20)24-14-8-9-19-27-24/h2,4-5,8-11,14-19,22,25H,3,6-7,12-13H2,1H3,(H,28,30). The number of rotatable bonds is 7. The number of hydrogen-bond donors (Lipinski definition) is 1. The zero-order valence-electron chi connectivity index (χ0n) is 18.7. The number of aromatic nitrogens is 1. The van der Waals surface area contributed by atoms with Crippen LogP contribution >= 0.6 is 0 Å². The van der Waals surface area contributed by atoms with Crippen LogP contribution in [0, 0.1) is 0 Å². The summed E-state index contributed by atoms with van der Waals surface area (Å²) in [6.45, 7) is 0. The highest BCUT2D eigenvalue weighted by molar-refractivity contribution is 7.89. The summed E-state index contributed by atoms with van der Waals surface area (Å²) in [5.41, 5.74) is 2.04. The van der Waals surface area contributed by atoms with Gasteiger partial charge in [0.1, 0.15) is 0 Å². The van der Waals surface area contributed by atoms with Crippen molar-refractivity contribution in [2.24, 2.45) is 0 Å². The van der Waals surface area contributed by atoms with E-state index in [0.717, 1.165) is 43.4 Å². The molecule has 33 heavy (non-hydrogen) atoms. The lowest BCUT2D eigenvalue weighted by atomic mass is 9.96. The number of pyridine rings is 1. The number of benzene rings is 2. The summed E-state index contributed by atoms with van der Waals surface area (Å²) in [4.78, 5) is 17.7. The number of hydrogen-bond acceptors (Lipinski definition) is 4. The van der Waals surface area contributed by atoms with Gasteiger partial charge in [-0.15, -0.1) is 0 Å². The Kier molecular flexibility index (Phi) is 7.20. The van der Waals surface area contributed by atoms with Gasteiger partial charge in [-0.05, 0) is 54.8 Å². The highest BCUT2D eigenvalue weighted by atomic mass is 32.2. The zero-order valence-corrected chi connectivity index (χ0v) is 19.5. The minimum absolute atomic E-state index is 0.0386. The number of sulfonamides is 1. The molecular formula is C26H29N3O3S. The molecule has 1 unspecified atom stereocenters. The van der Waals surface area contributed by atoms with Crippen LogP contribution in [0.15, 0.2) is 83.9 Å². The molecule has 0 bridgehead atoms. The number of carbonyl (C=O) groups excluding carboxylic acids is 1. The first-order valence-corrected chi connectivity index (χ1v) is 12.8. The largest absolute Gasteiger partial charge is 0.340 e. The maximum Gasteiger partial charge on any atom is 0.252 e. The molecule has 0 saturated heterocycles. The predicted molar refractivity (Wildman–Crippen MR) is 128 cm³/mol. The van der Waals surface area contributed by atoms with E-state index < -0.39 is 16.1 Å². The highest BCUT2D eigenvalue weighted by Crippen LogP contribution is 2.27. The fourth-order valence-corrected chi connectivity index (χ4v) is 5.74. The van der Waals surface area contributed by atoms with Crippen LogP contribution in [0.5, 0.6) is 0 Å². The van der Waals surface area contributed by atoms with Gasteiger partial charge in [0.2, 0.25) is 10.0 Å². The van der Waals surface area contributed by atoms with Crippen LogP contribution in [0.4, 0.5) is 0 Å². The van der Waals surface area contributed by atoms with Gasteiger partial charge in [0, 0.05) is 24.8 Å². The van der Waals surface area contributed by atoms with Crippen LogP contribution in [-0.4, -0.2) is 36.7 Å². The van der Waals surface area contributed by atoms with Crippen LogP contribution in [0.1, 0.15) is 59.8 Å². The summed E-state index contributed by atoms with van der Waals surface area (Å²) in [5, 5.41) is 3.04. The van der Waals surface area contributed by atoms with E-state index in [-0.39, 0.29) is 16.8 Å². The zero-order chi connectivity index (χ0) is 23.3. The molecule has 3 aromatic rings. The molecule has 0 aliphatic heterocycles. The molecule has 1 fully saturated rings. The summed E-state index contributed by atoms with van der Waals surface area (Å²) < 4.78 is 27.6. The van der Waals surface area contributed by atoms with E-state index in [1.165, 1.54) is 16.4 Å². The summed E-state index contributed by atoms with van der Waals surface area (Å²) in [5.74, 6) is -0.293. The molecule has 1 saturated carbocycles. The Hall–Kier alpha value is -3.03. The fraction of sp³-hybridized carbons (Fsp3) is 0.308. The first kappa shape index (κ1) is 23.1. The van der Waals surface area contributed by atoms with E-state index in [4.69, 9.17) is 0 Å². The smallest absolute Gasteiger partial charge is 0.252 e. The van der Waals surface area contributed by atoms with Crippen LogP contribution < -0.4 is 5.32 Å². The summed E-state index contributed by atoms with van der Waals surface area (Å²) in [6, 6.07) is 21.0. The predicted octanol–water partition coefficient (Wildman–Crippen LogP) is 4.55. The summed E-state index contributed by atoms with van der Waals surface area (Å²) in [6.07, 6.45) is 6.76. The average Bonchev–Trinajstić information content (AvgIpc) is 2.88. The van der Waals surface area contributed by atoms with E-state index >= 15 is 0 Å². The first-order chi connectivity index (χ1) is 16.0. The molecule has 1 atom stereocenters. The van der Waals surface area contributed by atoms with E-state index in [9.17, 15) is 13.2 Å². The first-order valence-electron chi connectivity index (χ1n) is 11.3. The molecule has 172 valence electrons. The Bertz CT molecular complexity index is 1120. The molecule has 1 heterocycles. The molecular weight excluding hydrogens is 434 g/mol. The van der Waals surface area contributed by atoms with Gasteiger partial charge in [-0.1, -0.05) is 55.7 Å². The monoisotopic (exact) mass is 463 g/mol. The van der Waals surface area contributed by atoms with E-state index in [1.54, 1.807) is 25.4 Å². The lowest BCUT2D eigenvalue weighted by Gasteiger charge is -2.30. The molecule has 1 aromatic heterocycles. The summed E-state index contributed by atoms with van der Waals surface area (Å²) >= 11 is 0. The minimum atomic E-state index is -3.60. The quantitative estimate of drug-likeness (QED) is 0.557. The third kappa shape index (κ3) is 5.31. The van der Waals surface area contributed by atoms with Crippen molar-refractivity contribution in [2.75, 3.05) is 7.05 Å². The number of nitrogens with one attached hydrogen (secondary N) is 1. The van der Waals surface area contributed by atoms with Crippen molar-refractivity contribution < 1.29 is 13.2 Å². The van der Waals surface area contributed by atoms with Crippen molar-refractivity contribution in [1.29, 1.82) is 0 Å². The van der Waals surface area contributed by atoms with Crippen molar-refractivity contribution in [3.05, 3.63) is 95.8 Å². The molecule has 1 aliphatic rings. The second-order valence-electron chi connectivity index (χ2n) is 8.41. The van der Waals surface area contributed by atoms with Gasteiger partial charge in [0.25, 0.3) is 5.91 Å². The Balaban J connectivity index is 1.52. The van der Waals surface area contributed by atoms with Crippen LogP contribution in [0.25, 0.3) is 0 Å². The number of carbonyl (C=O) groups is 1.